The van der Waals surface area contributed by atoms with E-state index < -0.39 is 17.6 Å². The van der Waals surface area contributed by atoms with Crippen LogP contribution in [0.3, 0.4) is 0 Å². The monoisotopic (exact) mass is 382 g/mol. The molecule has 0 atom stereocenters. The van der Waals surface area contributed by atoms with Gasteiger partial charge in [0.1, 0.15) is 12.3 Å². The molecule has 2 aromatic rings. The standard InChI is InChI=1S/C18H21F3N4O2/c1-2-22-17(25-12-15-4-3-11-27-15)24-10-9-23-16(26)13-5-7-14(8-6-13)18(19,20)21/h3-8,11H,2,9-10,12H2,1H3,(H,23,26)(H2,22,24,25). The van der Waals surface area contributed by atoms with Gasteiger partial charge in [-0.3, -0.25) is 4.79 Å². The molecule has 146 valence electrons. The van der Waals surface area contributed by atoms with Crippen molar-refractivity contribution in [3.63, 3.8) is 0 Å². The van der Waals surface area contributed by atoms with E-state index in [4.69, 9.17) is 4.42 Å². The van der Waals surface area contributed by atoms with Crippen molar-refractivity contribution in [1.82, 2.24) is 16.0 Å². The molecule has 0 aliphatic heterocycles. The van der Waals surface area contributed by atoms with Gasteiger partial charge in [-0.2, -0.15) is 13.2 Å². The van der Waals surface area contributed by atoms with Crippen molar-refractivity contribution in [1.29, 1.82) is 0 Å². The third-order valence-corrected chi connectivity index (χ3v) is 3.49. The fraction of sp³-hybridized carbons (Fsp3) is 0.333. The summed E-state index contributed by atoms with van der Waals surface area (Å²) in [6.07, 6.45) is -2.85. The molecule has 0 saturated carbocycles. The van der Waals surface area contributed by atoms with Crippen LogP contribution in [-0.2, 0) is 12.7 Å². The molecule has 1 aromatic carbocycles. The number of guanidine groups is 1. The number of nitrogens with one attached hydrogen (secondary N) is 3. The number of halogens is 3. The highest BCUT2D eigenvalue weighted by Crippen LogP contribution is 2.28. The number of hydrogen-bond donors (Lipinski definition) is 3. The highest BCUT2D eigenvalue weighted by Gasteiger charge is 2.30. The Hall–Kier alpha value is -2.97. The summed E-state index contributed by atoms with van der Waals surface area (Å²) in [7, 11) is 0. The van der Waals surface area contributed by atoms with E-state index in [2.05, 4.69) is 20.9 Å². The first kappa shape index (κ1) is 20.3. The normalized spacial score (nSPS) is 11.9. The minimum atomic E-state index is -4.42. The number of nitrogens with zero attached hydrogens (tertiary/aromatic N) is 1. The summed E-state index contributed by atoms with van der Waals surface area (Å²) in [4.78, 5) is 16.3. The van der Waals surface area contributed by atoms with Crippen molar-refractivity contribution >= 4 is 11.9 Å². The third-order valence-electron chi connectivity index (χ3n) is 3.49. The summed E-state index contributed by atoms with van der Waals surface area (Å²) >= 11 is 0. The molecule has 0 spiro atoms. The summed E-state index contributed by atoms with van der Waals surface area (Å²) in [5.74, 6) is 0.850. The van der Waals surface area contributed by atoms with Crippen LogP contribution < -0.4 is 16.0 Å². The number of alkyl halides is 3. The molecule has 1 aromatic heterocycles. The molecule has 1 amide bonds. The molecule has 0 fully saturated rings. The lowest BCUT2D eigenvalue weighted by molar-refractivity contribution is -0.137. The lowest BCUT2D eigenvalue weighted by Crippen LogP contribution is -2.41. The Bertz CT molecular complexity index is 741. The fourth-order valence-corrected chi connectivity index (χ4v) is 2.17. The maximum Gasteiger partial charge on any atom is 0.416 e. The minimum Gasteiger partial charge on any atom is -0.467 e. The Balaban J connectivity index is 1.78. The number of aliphatic imine (C=N–C) groups is 1. The molecule has 1 heterocycles. The predicted octanol–water partition coefficient (Wildman–Crippen LogP) is 2.78. The highest BCUT2D eigenvalue weighted by molar-refractivity contribution is 5.94. The zero-order valence-corrected chi connectivity index (χ0v) is 14.8. The molecular weight excluding hydrogens is 361 g/mol. The van der Waals surface area contributed by atoms with Crippen molar-refractivity contribution < 1.29 is 22.4 Å². The van der Waals surface area contributed by atoms with Gasteiger partial charge in [-0.15, -0.1) is 0 Å². The topological polar surface area (TPSA) is 78.7 Å². The zero-order valence-electron chi connectivity index (χ0n) is 14.8. The van der Waals surface area contributed by atoms with Crippen LogP contribution in [0.25, 0.3) is 0 Å². The maximum absolute atomic E-state index is 12.5. The van der Waals surface area contributed by atoms with Crippen LogP contribution in [0.1, 0.15) is 28.6 Å². The van der Waals surface area contributed by atoms with Crippen LogP contribution in [-0.4, -0.2) is 31.5 Å². The van der Waals surface area contributed by atoms with Gasteiger partial charge in [0.2, 0.25) is 0 Å². The van der Waals surface area contributed by atoms with Crippen molar-refractivity contribution in [3.8, 4) is 0 Å². The Morgan fingerprint density at radius 2 is 1.78 bits per heavy atom. The van der Waals surface area contributed by atoms with Gasteiger partial charge in [-0.25, -0.2) is 4.99 Å². The van der Waals surface area contributed by atoms with Gasteiger partial charge in [0, 0.05) is 25.2 Å². The molecular formula is C18H21F3N4O2. The number of rotatable bonds is 7. The van der Waals surface area contributed by atoms with Gasteiger partial charge >= 0.3 is 6.18 Å². The van der Waals surface area contributed by atoms with Crippen LogP contribution in [0.4, 0.5) is 13.2 Å². The second kappa shape index (κ2) is 9.65. The molecule has 0 aliphatic rings. The fourth-order valence-electron chi connectivity index (χ4n) is 2.17. The molecule has 3 N–H and O–H groups in total. The number of amides is 1. The molecule has 0 unspecified atom stereocenters. The maximum atomic E-state index is 12.5. The molecule has 6 nitrogen and oxygen atoms in total. The van der Waals surface area contributed by atoms with Gasteiger partial charge in [-0.05, 0) is 43.3 Å². The summed E-state index contributed by atoms with van der Waals surface area (Å²) in [6, 6.07) is 7.68. The Kier molecular flexibility index (Phi) is 7.27. The van der Waals surface area contributed by atoms with Gasteiger partial charge in [0.15, 0.2) is 5.96 Å². The Morgan fingerprint density at radius 3 is 2.37 bits per heavy atom. The van der Waals surface area contributed by atoms with Crippen molar-refractivity contribution in [3.05, 3.63) is 59.5 Å². The van der Waals surface area contributed by atoms with Crippen LogP contribution in [0.5, 0.6) is 0 Å². The number of benzene rings is 1. The molecule has 9 heteroatoms. The van der Waals surface area contributed by atoms with E-state index in [9.17, 15) is 18.0 Å². The molecule has 2 rings (SSSR count). The summed E-state index contributed by atoms with van der Waals surface area (Å²) < 4.78 is 42.8. The second-order valence-corrected chi connectivity index (χ2v) is 5.53. The van der Waals surface area contributed by atoms with Gasteiger partial charge < -0.3 is 20.4 Å². The number of furan rings is 1. The predicted molar refractivity (Wildman–Crippen MR) is 95.3 cm³/mol. The van der Waals surface area contributed by atoms with Crippen molar-refractivity contribution in [2.45, 2.75) is 19.6 Å². The number of carbonyl (C=O) groups is 1. The van der Waals surface area contributed by atoms with E-state index in [-0.39, 0.29) is 12.1 Å². The van der Waals surface area contributed by atoms with Crippen LogP contribution >= 0.6 is 0 Å². The Labute approximate surface area is 154 Å². The van der Waals surface area contributed by atoms with Crippen molar-refractivity contribution in [2.24, 2.45) is 4.99 Å². The van der Waals surface area contributed by atoms with Crippen LogP contribution in [0, 0.1) is 0 Å². The van der Waals surface area contributed by atoms with Gasteiger partial charge in [-0.1, -0.05) is 0 Å². The first-order valence-electron chi connectivity index (χ1n) is 8.40. The summed E-state index contributed by atoms with van der Waals surface area (Å²) in [6.45, 7) is 3.65. The average Bonchev–Trinajstić information content (AvgIpc) is 3.16. The SMILES string of the molecule is CCNC(=NCc1ccco1)NCCNC(=O)c1ccc(C(F)(F)F)cc1. The molecule has 0 bridgehead atoms. The first-order valence-corrected chi connectivity index (χ1v) is 8.40. The van der Waals surface area contributed by atoms with Crippen molar-refractivity contribution in [2.75, 3.05) is 19.6 Å². The lowest BCUT2D eigenvalue weighted by Gasteiger charge is -2.12. The van der Waals surface area contributed by atoms with E-state index in [1.807, 2.05) is 13.0 Å². The lowest BCUT2D eigenvalue weighted by atomic mass is 10.1. The molecule has 27 heavy (non-hydrogen) atoms. The average molecular weight is 382 g/mol. The van der Waals surface area contributed by atoms with Crippen LogP contribution in [0.2, 0.25) is 0 Å². The van der Waals surface area contributed by atoms with Gasteiger partial charge in [0.25, 0.3) is 5.91 Å². The number of hydrogen-bond acceptors (Lipinski definition) is 3. The van der Waals surface area contributed by atoms with Gasteiger partial charge in [0.05, 0.1) is 11.8 Å². The quantitative estimate of drug-likeness (QED) is 0.391. The first-order chi connectivity index (χ1) is 12.9. The van der Waals surface area contributed by atoms with E-state index in [0.29, 0.717) is 25.6 Å². The largest absolute Gasteiger partial charge is 0.467 e. The smallest absolute Gasteiger partial charge is 0.416 e. The minimum absolute atomic E-state index is 0.168. The van der Waals surface area contributed by atoms with Crippen LogP contribution in [0.15, 0.2) is 52.1 Å². The Morgan fingerprint density at radius 1 is 1.07 bits per heavy atom. The summed E-state index contributed by atoms with van der Waals surface area (Å²) in [5, 5.41) is 8.76. The van der Waals surface area contributed by atoms with E-state index in [1.165, 1.54) is 0 Å². The van der Waals surface area contributed by atoms with E-state index >= 15 is 0 Å². The third kappa shape index (κ3) is 6.69. The van der Waals surface area contributed by atoms with E-state index in [1.54, 1.807) is 12.3 Å². The summed E-state index contributed by atoms with van der Waals surface area (Å²) in [5.41, 5.74) is -0.620. The zero-order chi connectivity index (χ0) is 19.7. The molecule has 0 radical (unpaired) electrons. The van der Waals surface area contributed by atoms with E-state index in [0.717, 1.165) is 30.0 Å². The highest BCUT2D eigenvalue weighted by atomic mass is 19.4. The number of carbonyl (C=O) groups excluding carboxylic acids is 1. The second-order valence-electron chi connectivity index (χ2n) is 5.53. The molecule has 0 aliphatic carbocycles. The molecule has 0 saturated heterocycles.